The second kappa shape index (κ2) is 6.27. The third-order valence-electron chi connectivity index (χ3n) is 4.43. The molecule has 4 N–H and O–H groups in total. The van der Waals surface area contributed by atoms with Crippen LogP contribution in [0.1, 0.15) is 53.8 Å². The number of rotatable bonds is 3. The Morgan fingerprint density at radius 1 is 1.28 bits per heavy atom. The van der Waals surface area contributed by atoms with Crippen molar-refractivity contribution in [2.24, 2.45) is 11.1 Å². The highest BCUT2D eigenvalue weighted by Gasteiger charge is 2.35. The number of urea groups is 1. The van der Waals surface area contributed by atoms with E-state index in [9.17, 15) is 9.59 Å². The minimum absolute atomic E-state index is 0.0462. The first-order valence-corrected chi connectivity index (χ1v) is 8.30. The fourth-order valence-electron chi connectivity index (χ4n) is 3.44. The summed E-state index contributed by atoms with van der Waals surface area (Å²) in [6, 6.07) is 7.94. The van der Waals surface area contributed by atoms with Crippen molar-refractivity contribution in [2.45, 2.75) is 39.7 Å². The van der Waals surface area contributed by atoms with Crippen LogP contribution in [0.5, 0.6) is 0 Å². The van der Waals surface area contributed by atoms with E-state index in [0.29, 0.717) is 11.3 Å². The van der Waals surface area contributed by atoms with Crippen molar-refractivity contribution in [2.75, 3.05) is 5.32 Å². The predicted octanol–water partition coefficient (Wildman–Crippen LogP) is 3.52. The van der Waals surface area contributed by atoms with Gasteiger partial charge in [0.1, 0.15) is 11.5 Å². The number of hydrogen-bond donors (Lipinski definition) is 3. The number of nitrogens with one attached hydrogen (secondary N) is 2. The van der Waals surface area contributed by atoms with Crippen molar-refractivity contribution in [3.05, 3.63) is 53.0 Å². The monoisotopic (exact) mass is 341 g/mol. The number of furan rings is 1. The van der Waals surface area contributed by atoms with Crippen LogP contribution >= 0.6 is 0 Å². The predicted molar refractivity (Wildman–Crippen MR) is 95.4 cm³/mol. The topological polar surface area (TPSA) is 97.4 Å². The molecular formula is C19H23N3O3. The number of carbonyl (C=O) groups excluding carboxylic acids is 2. The molecule has 1 aromatic heterocycles. The molecule has 0 saturated heterocycles. The number of amides is 3. The first-order chi connectivity index (χ1) is 11.7. The standard InChI is InChI=1S/C19H23N3O3/c1-11-7-14-15(9-19(2,3)10-16(14)25-11)22-17(23)12-5-4-6-13(8-12)21-18(20)24/h4-8,15H,9-10H2,1-3H3,(H,22,23)(H3,20,21,24)/t15-/m0/s1. The van der Waals surface area contributed by atoms with E-state index in [2.05, 4.69) is 24.5 Å². The first kappa shape index (κ1) is 17.1. The normalized spacial score (nSPS) is 18.3. The summed E-state index contributed by atoms with van der Waals surface area (Å²) in [4.78, 5) is 23.7. The summed E-state index contributed by atoms with van der Waals surface area (Å²) >= 11 is 0. The zero-order valence-corrected chi connectivity index (χ0v) is 14.7. The van der Waals surface area contributed by atoms with Crippen molar-refractivity contribution >= 4 is 17.6 Å². The van der Waals surface area contributed by atoms with E-state index in [0.717, 1.165) is 29.9 Å². The Balaban J connectivity index is 1.82. The van der Waals surface area contributed by atoms with E-state index in [-0.39, 0.29) is 17.4 Å². The molecule has 3 amide bonds. The second-order valence-electron chi connectivity index (χ2n) is 7.38. The van der Waals surface area contributed by atoms with E-state index in [1.54, 1.807) is 24.3 Å². The molecule has 1 aromatic carbocycles. The smallest absolute Gasteiger partial charge is 0.316 e. The van der Waals surface area contributed by atoms with Crippen molar-refractivity contribution in [3.8, 4) is 0 Å². The number of nitrogens with two attached hydrogens (primary N) is 1. The van der Waals surface area contributed by atoms with Crippen molar-refractivity contribution in [1.82, 2.24) is 5.32 Å². The molecule has 1 atom stereocenters. The highest BCUT2D eigenvalue weighted by atomic mass is 16.3. The summed E-state index contributed by atoms with van der Waals surface area (Å²) in [6.07, 6.45) is 1.70. The molecule has 6 heteroatoms. The number of primary amides is 1. The van der Waals surface area contributed by atoms with Crippen molar-refractivity contribution < 1.29 is 14.0 Å². The maximum absolute atomic E-state index is 12.7. The Morgan fingerprint density at radius 3 is 2.76 bits per heavy atom. The lowest BCUT2D eigenvalue weighted by Crippen LogP contribution is -2.36. The third-order valence-corrected chi connectivity index (χ3v) is 4.43. The molecule has 3 rings (SSSR count). The second-order valence-corrected chi connectivity index (χ2v) is 7.38. The van der Waals surface area contributed by atoms with Crippen LogP contribution in [0.4, 0.5) is 10.5 Å². The van der Waals surface area contributed by atoms with Crippen LogP contribution in [0.2, 0.25) is 0 Å². The maximum atomic E-state index is 12.7. The fraction of sp³-hybridized carbons (Fsp3) is 0.368. The largest absolute Gasteiger partial charge is 0.466 e. The average Bonchev–Trinajstić information content (AvgIpc) is 2.85. The lowest BCUT2D eigenvalue weighted by molar-refractivity contribution is 0.0917. The summed E-state index contributed by atoms with van der Waals surface area (Å²) in [5.41, 5.74) is 7.18. The maximum Gasteiger partial charge on any atom is 0.316 e. The molecule has 25 heavy (non-hydrogen) atoms. The Bertz CT molecular complexity index is 823. The minimum Gasteiger partial charge on any atom is -0.466 e. The van der Waals surface area contributed by atoms with Gasteiger partial charge >= 0.3 is 6.03 Å². The van der Waals surface area contributed by atoms with Gasteiger partial charge in [0.25, 0.3) is 5.91 Å². The van der Waals surface area contributed by atoms with Gasteiger partial charge in [0.2, 0.25) is 0 Å². The minimum atomic E-state index is -0.662. The van der Waals surface area contributed by atoms with E-state index < -0.39 is 6.03 Å². The number of fused-ring (bicyclic) bond motifs is 1. The van der Waals surface area contributed by atoms with Gasteiger partial charge in [-0.25, -0.2) is 4.79 Å². The highest BCUT2D eigenvalue weighted by molar-refractivity contribution is 5.96. The zero-order valence-electron chi connectivity index (χ0n) is 14.7. The summed E-state index contributed by atoms with van der Waals surface area (Å²) in [5.74, 6) is 1.61. The number of aryl methyl sites for hydroxylation is 1. The molecule has 0 radical (unpaired) electrons. The van der Waals surface area contributed by atoms with Crippen LogP contribution in [0, 0.1) is 12.3 Å². The lowest BCUT2D eigenvalue weighted by atomic mass is 9.74. The van der Waals surface area contributed by atoms with Crippen LogP contribution in [0.3, 0.4) is 0 Å². The van der Waals surface area contributed by atoms with Gasteiger partial charge in [0.15, 0.2) is 0 Å². The van der Waals surface area contributed by atoms with Crippen LogP contribution in [0.25, 0.3) is 0 Å². The van der Waals surface area contributed by atoms with Gasteiger partial charge in [-0.1, -0.05) is 19.9 Å². The first-order valence-electron chi connectivity index (χ1n) is 8.30. The average molecular weight is 341 g/mol. The van der Waals surface area contributed by atoms with Crippen LogP contribution in [-0.2, 0) is 6.42 Å². The summed E-state index contributed by atoms with van der Waals surface area (Å²) in [5, 5.41) is 5.58. The summed E-state index contributed by atoms with van der Waals surface area (Å²) in [7, 11) is 0. The van der Waals surface area contributed by atoms with Gasteiger partial charge in [-0.15, -0.1) is 0 Å². The van der Waals surface area contributed by atoms with Gasteiger partial charge in [-0.2, -0.15) is 0 Å². The number of hydrogen-bond acceptors (Lipinski definition) is 3. The van der Waals surface area contributed by atoms with Crippen molar-refractivity contribution in [1.29, 1.82) is 0 Å². The SMILES string of the molecule is Cc1cc2c(o1)CC(C)(C)C[C@@H]2NC(=O)c1cccc(NC(N)=O)c1. The van der Waals surface area contributed by atoms with Gasteiger partial charge in [0, 0.05) is 23.2 Å². The van der Waals surface area contributed by atoms with E-state index in [1.807, 2.05) is 13.0 Å². The third kappa shape index (κ3) is 3.84. The highest BCUT2D eigenvalue weighted by Crippen LogP contribution is 2.42. The number of anilines is 1. The van der Waals surface area contributed by atoms with Crippen molar-refractivity contribution in [3.63, 3.8) is 0 Å². The number of benzene rings is 1. The molecule has 1 aliphatic rings. The molecule has 1 heterocycles. The molecular weight excluding hydrogens is 318 g/mol. The number of carbonyl (C=O) groups is 2. The quantitative estimate of drug-likeness (QED) is 0.796. The molecule has 6 nitrogen and oxygen atoms in total. The van der Waals surface area contributed by atoms with E-state index in [1.165, 1.54) is 0 Å². The van der Waals surface area contributed by atoms with Gasteiger partial charge < -0.3 is 20.8 Å². The Morgan fingerprint density at radius 2 is 2.04 bits per heavy atom. The van der Waals surface area contributed by atoms with Crippen LogP contribution < -0.4 is 16.4 Å². The van der Waals surface area contributed by atoms with Gasteiger partial charge in [0.05, 0.1) is 6.04 Å². The Labute approximate surface area is 146 Å². The summed E-state index contributed by atoms with van der Waals surface area (Å²) in [6.45, 7) is 6.26. The molecule has 0 fully saturated rings. The van der Waals surface area contributed by atoms with E-state index in [4.69, 9.17) is 10.2 Å². The molecule has 0 saturated carbocycles. The fourth-order valence-corrected chi connectivity index (χ4v) is 3.44. The zero-order chi connectivity index (χ0) is 18.2. The van der Waals surface area contributed by atoms with Crippen LogP contribution in [0.15, 0.2) is 34.7 Å². The Hall–Kier alpha value is -2.76. The Kier molecular flexibility index (Phi) is 4.29. The van der Waals surface area contributed by atoms with E-state index >= 15 is 0 Å². The molecule has 0 unspecified atom stereocenters. The lowest BCUT2D eigenvalue weighted by Gasteiger charge is -2.34. The molecule has 1 aliphatic carbocycles. The molecule has 2 aromatic rings. The molecule has 0 spiro atoms. The van der Waals surface area contributed by atoms with Gasteiger partial charge in [-0.05, 0) is 43.0 Å². The summed E-state index contributed by atoms with van der Waals surface area (Å²) < 4.78 is 5.81. The molecule has 0 aliphatic heterocycles. The molecule has 132 valence electrons. The van der Waals surface area contributed by atoms with Gasteiger partial charge in [-0.3, -0.25) is 4.79 Å². The molecule has 0 bridgehead atoms. The van der Waals surface area contributed by atoms with Crippen LogP contribution in [-0.4, -0.2) is 11.9 Å².